The number of nitrogens with one attached hydrogen (secondary N) is 1. The Morgan fingerprint density at radius 3 is 2.40 bits per heavy atom. The molecule has 134 valence electrons. The standard InChI is InChI=1S/C20H25NO4/c1-14-8-10-17(11-9-14)24-13-15(2)21-20(22)16(3)25-19-7-5-6-18(12-19)23-4/h5-12,15-16H,13H2,1-4H3,(H,21,22)/t15-,16+/m1/s1. The third-order valence-corrected chi connectivity index (χ3v) is 3.63. The highest BCUT2D eigenvalue weighted by Gasteiger charge is 2.17. The molecule has 0 bridgehead atoms. The normalized spacial score (nSPS) is 12.8. The summed E-state index contributed by atoms with van der Waals surface area (Å²) in [5, 5.41) is 2.89. The Kier molecular flexibility index (Phi) is 6.69. The molecule has 5 heteroatoms. The molecule has 5 nitrogen and oxygen atoms in total. The van der Waals surface area contributed by atoms with Crippen LogP contribution in [0.1, 0.15) is 19.4 Å². The average Bonchev–Trinajstić information content (AvgIpc) is 2.61. The molecule has 0 aromatic heterocycles. The lowest BCUT2D eigenvalue weighted by Crippen LogP contribution is -2.43. The number of hydrogen-bond donors (Lipinski definition) is 1. The first-order chi connectivity index (χ1) is 12.0. The van der Waals surface area contributed by atoms with E-state index in [9.17, 15) is 4.79 Å². The summed E-state index contributed by atoms with van der Waals surface area (Å²) in [4.78, 5) is 12.2. The number of amides is 1. The van der Waals surface area contributed by atoms with Crippen molar-refractivity contribution in [2.24, 2.45) is 0 Å². The fourth-order valence-electron chi connectivity index (χ4n) is 2.19. The minimum absolute atomic E-state index is 0.134. The maximum Gasteiger partial charge on any atom is 0.261 e. The van der Waals surface area contributed by atoms with Gasteiger partial charge >= 0.3 is 0 Å². The second-order valence-electron chi connectivity index (χ2n) is 5.97. The molecule has 0 aliphatic heterocycles. The minimum Gasteiger partial charge on any atom is -0.497 e. The number of carbonyl (C=O) groups excluding carboxylic acids is 1. The molecule has 0 aliphatic rings. The smallest absolute Gasteiger partial charge is 0.261 e. The van der Waals surface area contributed by atoms with Crippen molar-refractivity contribution in [3.63, 3.8) is 0 Å². The summed E-state index contributed by atoms with van der Waals surface area (Å²) in [5.41, 5.74) is 1.18. The molecule has 0 spiro atoms. The van der Waals surface area contributed by atoms with Crippen molar-refractivity contribution < 1.29 is 19.0 Å². The summed E-state index contributed by atoms with van der Waals surface area (Å²) < 4.78 is 16.5. The van der Waals surface area contributed by atoms with Crippen LogP contribution in [-0.4, -0.2) is 31.8 Å². The second kappa shape index (κ2) is 8.97. The van der Waals surface area contributed by atoms with Crippen LogP contribution >= 0.6 is 0 Å². The van der Waals surface area contributed by atoms with Gasteiger partial charge in [0, 0.05) is 6.07 Å². The zero-order valence-corrected chi connectivity index (χ0v) is 15.1. The Bertz CT molecular complexity index is 684. The molecular weight excluding hydrogens is 318 g/mol. The van der Waals surface area contributed by atoms with E-state index in [1.54, 1.807) is 26.2 Å². The Morgan fingerprint density at radius 2 is 1.72 bits per heavy atom. The quantitative estimate of drug-likeness (QED) is 0.798. The van der Waals surface area contributed by atoms with Crippen LogP contribution in [0.15, 0.2) is 48.5 Å². The number of hydrogen-bond acceptors (Lipinski definition) is 4. The highest BCUT2D eigenvalue weighted by atomic mass is 16.5. The van der Waals surface area contributed by atoms with Crippen LogP contribution in [0.5, 0.6) is 17.2 Å². The molecule has 0 saturated heterocycles. The van der Waals surface area contributed by atoms with Gasteiger partial charge in [-0.2, -0.15) is 0 Å². The molecule has 2 aromatic rings. The average molecular weight is 343 g/mol. The Labute approximate surface area is 148 Å². The predicted octanol–water partition coefficient (Wildman–Crippen LogP) is 3.35. The number of carbonyl (C=O) groups is 1. The number of rotatable bonds is 8. The van der Waals surface area contributed by atoms with Gasteiger partial charge < -0.3 is 19.5 Å². The summed E-state index contributed by atoms with van der Waals surface area (Å²) in [6.45, 7) is 6.02. The zero-order chi connectivity index (χ0) is 18.2. The van der Waals surface area contributed by atoms with Crippen molar-refractivity contribution in [1.82, 2.24) is 5.32 Å². The first-order valence-electron chi connectivity index (χ1n) is 8.28. The molecule has 0 radical (unpaired) electrons. The van der Waals surface area contributed by atoms with E-state index >= 15 is 0 Å². The summed E-state index contributed by atoms with van der Waals surface area (Å²) in [6.07, 6.45) is -0.617. The van der Waals surface area contributed by atoms with E-state index in [-0.39, 0.29) is 11.9 Å². The van der Waals surface area contributed by atoms with Crippen molar-refractivity contribution >= 4 is 5.91 Å². The van der Waals surface area contributed by atoms with Gasteiger partial charge in [-0.1, -0.05) is 23.8 Å². The maximum absolute atomic E-state index is 12.2. The van der Waals surface area contributed by atoms with E-state index in [0.717, 1.165) is 5.75 Å². The molecule has 2 rings (SSSR count). The van der Waals surface area contributed by atoms with Gasteiger partial charge in [-0.15, -0.1) is 0 Å². The van der Waals surface area contributed by atoms with E-state index in [1.165, 1.54) is 5.56 Å². The minimum atomic E-state index is -0.617. The van der Waals surface area contributed by atoms with Crippen molar-refractivity contribution in [3.05, 3.63) is 54.1 Å². The molecular formula is C20H25NO4. The third-order valence-electron chi connectivity index (χ3n) is 3.63. The van der Waals surface area contributed by atoms with Crippen LogP contribution in [0, 0.1) is 6.92 Å². The number of methoxy groups -OCH3 is 1. The van der Waals surface area contributed by atoms with E-state index in [2.05, 4.69) is 5.32 Å². The Morgan fingerprint density at radius 1 is 1.04 bits per heavy atom. The van der Waals surface area contributed by atoms with Crippen LogP contribution in [0.2, 0.25) is 0 Å². The van der Waals surface area contributed by atoms with Gasteiger partial charge in [-0.3, -0.25) is 4.79 Å². The summed E-state index contributed by atoms with van der Waals surface area (Å²) >= 11 is 0. The van der Waals surface area contributed by atoms with Gasteiger partial charge in [0.2, 0.25) is 0 Å². The summed E-state index contributed by atoms with van der Waals surface area (Å²) in [7, 11) is 1.59. The molecule has 1 amide bonds. The maximum atomic E-state index is 12.2. The van der Waals surface area contributed by atoms with Crippen LogP contribution in [-0.2, 0) is 4.79 Å². The van der Waals surface area contributed by atoms with Gasteiger partial charge in [-0.25, -0.2) is 0 Å². The van der Waals surface area contributed by atoms with Gasteiger partial charge in [0.15, 0.2) is 6.10 Å². The van der Waals surface area contributed by atoms with Gasteiger partial charge in [0.25, 0.3) is 5.91 Å². The van der Waals surface area contributed by atoms with E-state index < -0.39 is 6.10 Å². The number of aryl methyl sites for hydroxylation is 1. The Hall–Kier alpha value is -2.69. The second-order valence-corrected chi connectivity index (χ2v) is 5.97. The van der Waals surface area contributed by atoms with Crippen LogP contribution < -0.4 is 19.5 Å². The van der Waals surface area contributed by atoms with Gasteiger partial charge in [-0.05, 0) is 45.0 Å². The number of benzene rings is 2. The van der Waals surface area contributed by atoms with E-state index in [0.29, 0.717) is 18.1 Å². The SMILES string of the molecule is COc1cccc(O[C@@H](C)C(=O)N[C@H](C)COc2ccc(C)cc2)c1. The van der Waals surface area contributed by atoms with Gasteiger partial charge in [0.05, 0.1) is 13.2 Å². The largest absolute Gasteiger partial charge is 0.497 e. The first kappa shape index (κ1) is 18.6. The third kappa shape index (κ3) is 6.03. The first-order valence-corrected chi connectivity index (χ1v) is 8.28. The molecule has 0 saturated carbocycles. The van der Waals surface area contributed by atoms with Crippen LogP contribution in [0.4, 0.5) is 0 Å². The zero-order valence-electron chi connectivity index (χ0n) is 15.1. The fourth-order valence-corrected chi connectivity index (χ4v) is 2.19. The lowest BCUT2D eigenvalue weighted by atomic mass is 10.2. The van der Waals surface area contributed by atoms with E-state index in [1.807, 2.05) is 50.2 Å². The Balaban J connectivity index is 1.80. The molecule has 2 atom stereocenters. The topological polar surface area (TPSA) is 56.8 Å². The van der Waals surface area contributed by atoms with E-state index in [4.69, 9.17) is 14.2 Å². The summed E-state index contributed by atoms with van der Waals surface area (Å²) in [5.74, 6) is 1.87. The summed E-state index contributed by atoms with van der Waals surface area (Å²) in [6, 6.07) is 14.8. The fraction of sp³-hybridized carbons (Fsp3) is 0.350. The highest BCUT2D eigenvalue weighted by molar-refractivity contribution is 5.81. The molecule has 0 aliphatic carbocycles. The van der Waals surface area contributed by atoms with Crippen molar-refractivity contribution in [3.8, 4) is 17.2 Å². The highest BCUT2D eigenvalue weighted by Crippen LogP contribution is 2.20. The molecule has 2 aromatic carbocycles. The lowest BCUT2D eigenvalue weighted by Gasteiger charge is -2.19. The van der Waals surface area contributed by atoms with Crippen LogP contribution in [0.25, 0.3) is 0 Å². The van der Waals surface area contributed by atoms with Crippen molar-refractivity contribution in [2.45, 2.75) is 32.9 Å². The molecule has 0 heterocycles. The van der Waals surface area contributed by atoms with Crippen molar-refractivity contribution in [1.29, 1.82) is 0 Å². The predicted molar refractivity (Wildman–Crippen MR) is 97.4 cm³/mol. The molecule has 0 unspecified atom stereocenters. The lowest BCUT2D eigenvalue weighted by molar-refractivity contribution is -0.128. The van der Waals surface area contributed by atoms with Gasteiger partial charge in [0.1, 0.15) is 23.9 Å². The van der Waals surface area contributed by atoms with Crippen LogP contribution in [0.3, 0.4) is 0 Å². The number of ether oxygens (including phenoxy) is 3. The molecule has 1 N–H and O–H groups in total. The van der Waals surface area contributed by atoms with Crippen molar-refractivity contribution in [2.75, 3.05) is 13.7 Å². The molecule has 25 heavy (non-hydrogen) atoms. The molecule has 0 fully saturated rings. The monoisotopic (exact) mass is 343 g/mol.